The summed E-state index contributed by atoms with van der Waals surface area (Å²) in [4.78, 5) is 58.7. The summed E-state index contributed by atoms with van der Waals surface area (Å²) in [6, 6.07) is -2.52. The van der Waals surface area contributed by atoms with Crippen molar-refractivity contribution in [3.8, 4) is 0 Å². The summed E-state index contributed by atoms with van der Waals surface area (Å²) in [7, 11) is 0. The summed E-state index contributed by atoms with van der Waals surface area (Å²) < 4.78 is 0. The van der Waals surface area contributed by atoms with Crippen LogP contribution in [0, 0.1) is 5.92 Å². The monoisotopic (exact) mass is 399 g/mol. The molecule has 0 spiro atoms. The zero-order chi connectivity index (χ0) is 21.3. The fourth-order valence-corrected chi connectivity index (χ4v) is 2.76. The lowest BCUT2D eigenvalue weighted by Crippen LogP contribution is -2.54. The number of aliphatic carboxylic acids is 1. The van der Waals surface area contributed by atoms with E-state index in [9.17, 15) is 24.0 Å². The van der Waals surface area contributed by atoms with Crippen LogP contribution in [0.3, 0.4) is 0 Å². The Labute approximate surface area is 163 Å². The van der Waals surface area contributed by atoms with Gasteiger partial charge in [0.1, 0.15) is 12.1 Å². The molecular formula is C17H29N5O6. The second-order valence-electron chi connectivity index (χ2n) is 7.06. The zero-order valence-corrected chi connectivity index (χ0v) is 16.1. The molecule has 0 aromatic carbocycles. The van der Waals surface area contributed by atoms with Crippen LogP contribution in [0.5, 0.6) is 0 Å². The van der Waals surface area contributed by atoms with Gasteiger partial charge in [0.15, 0.2) is 0 Å². The third-order valence-corrected chi connectivity index (χ3v) is 4.36. The highest BCUT2D eigenvalue weighted by Gasteiger charge is 2.28. The first-order valence-corrected chi connectivity index (χ1v) is 9.23. The summed E-state index contributed by atoms with van der Waals surface area (Å²) in [5.74, 6) is -3.82. The molecule has 1 aliphatic rings. The van der Waals surface area contributed by atoms with Gasteiger partial charge < -0.3 is 32.1 Å². The van der Waals surface area contributed by atoms with Gasteiger partial charge in [-0.25, -0.2) is 4.79 Å². The van der Waals surface area contributed by atoms with Gasteiger partial charge in [-0.15, -0.1) is 0 Å². The Morgan fingerprint density at radius 3 is 2.36 bits per heavy atom. The highest BCUT2D eigenvalue weighted by atomic mass is 16.4. The minimum absolute atomic E-state index is 0.00894. The number of carbonyl (C=O) groups excluding carboxylic acids is 4. The number of rotatable bonds is 11. The molecule has 0 aromatic rings. The Hall–Kier alpha value is -2.69. The fourth-order valence-electron chi connectivity index (χ4n) is 2.76. The van der Waals surface area contributed by atoms with Crippen LogP contribution in [0.1, 0.15) is 39.5 Å². The first-order chi connectivity index (χ1) is 13.1. The van der Waals surface area contributed by atoms with Crippen LogP contribution >= 0.6 is 0 Å². The van der Waals surface area contributed by atoms with Gasteiger partial charge in [-0.1, -0.05) is 13.8 Å². The number of carboxylic acids is 1. The molecule has 1 fully saturated rings. The van der Waals surface area contributed by atoms with Crippen molar-refractivity contribution in [2.24, 2.45) is 11.7 Å². The zero-order valence-electron chi connectivity index (χ0n) is 16.1. The minimum Gasteiger partial charge on any atom is -0.480 e. The molecule has 0 bridgehead atoms. The highest BCUT2D eigenvalue weighted by Crippen LogP contribution is 2.06. The van der Waals surface area contributed by atoms with Gasteiger partial charge in [0.25, 0.3) is 0 Å². The van der Waals surface area contributed by atoms with Crippen molar-refractivity contribution in [3.63, 3.8) is 0 Å². The summed E-state index contributed by atoms with van der Waals surface area (Å²) >= 11 is 0. The number of hydrogen-bond acceptors (Lipinski definition) is 6. The maximum Gasteiger partial charge on any atom is 0.326 e. The van der Waals surface area contributed by atoms with Crippen LogP contribution < -0.4 is 27.0 Å². The molecule has 28 heavy (non-hydrogen) atoms. The van der Waals surface area contributed by atoms with Gasteiger partial charge in [-0.05, 0) is 31.7 Å². The maximum absolute atomic E-state index is 12.4. The van der Waals surface area contributed by atoms with Crippen LogP contribution in [0.25, 0.3) is 0 Å². The molecule has 0 radical (unpaired) electrons. The molecular weight excluding hydrogens is 370 g/mol. The van der Waals surface area contributed by atoms with E-state index < -0.39 is 48.4 Å². The summed E-state index contributed by atoms with van der Waals surface area (Å²) in [6.45, 7) is 3.53. The lowest BCUT2D eigenvalue weighted by Gasteiger charge is -2.21. The topological polar surface area (TPSA) is 180 Å². The van der Waals surface area contributed by atoms with E-state index >= 15 is 0 Å². The Morgan fingerprint density at radius 1 is 1.18 bits per heavy atom. The predicted molar refractivity (Wildman–Crippen MR) is 98.8 cm³/mol. The number of carboxylic acid groups (broad SMARTS) is 1. The average Bonchev–Trinajstić information content (AvgIpc) is 3.14. The number of primary amides is 1. The van der Waals surface area contributed by atoms with E-state index in [0.717, 1.165) is 6.42 Å². The highest BCUT2D eigenvalue weighted by molar-refractivity contribution is 5.93. The number of hydrogen-bond donors (Lipinski definition) is 6. The van der Waals surface area contributed by atoms with Gasteiger partial charge >= 0.3 is 5.97 Å². The molecule has 0 aliphatic carbocycles. The second-order valence-corrected chi connectivity index (χ2v) is 7.06. The van der Waals surface area contributed by atoms with Gasteiger partial charge in [-0.3, -0.25) is 19.2 Å². The SMILES string of the molecule is CC(C)C(NC(=O)CNC(=O)C(CCC(N)=O)NC(=O)C1CCCN1)C(=O)O. The van der Waals surface area contributed by atoms with Crippen molar-refractivity contribution in [3.05, 3.63) is 0 Å². The van der Waals surface area contributed by atoms with E-state index in [1.54, 1.807) is 13.8 Å². The van der Waals surface area contributed by atoms with Gasteiger partial charge in [-0.2, -0.15) is 0 Å². The number of nitrogens with two attached hydrogens (primary N) is 1. The van der Waals surface area contributed by atoms with Crippen LogP contribution in [-0.4, -0.2) is 65.9 Å². The van der Waals surface area contributed by atoms with Crippen LogP contribution in [0.2, 0.25) is 0 Å². The Bertz CT molecular complexity index is 603. The van der Waals surface area contributed by atoms with Crippen LogP contribution in [-0.2, 0) is 24.0 Å². The summed E-state index contributed by atoms with van der Waals surface area (Å²) in [5.41, 5.74) is 5.11. The molecule has 3 unspecified atom stereocenters. The Balaban J connectivity index is 2.61. The van der Waals surface area contributed by atoms with E-state index in [1.165, 1.54) is 0 Å². The van der Waals surface area contributed by atoms with Gasteiger partial charge in [0, 0.05) is 6.42 Å². The minimum atomic E-state index is -1.18. The maximum atomic E-state index is 12.4. The Kier molecular flexibility index (Phi) is 9.36. The van der Waals surface area contributed by atoms with Crippen molar-refractivity contribution >= 4 is 29.6 Å². The normalized spacial score (nSPS) is 18.2. The van der Waals surface area contributed by atoms with Crippen molar-refractivity contribution < 1.29 is 29.1 Å². The first-order valence-electron chi connectivity index (χ1n) is 9.23. The third-order valence-electron chi connectivity index (χ3n) is 4.36. The number of amides is 4. The molecule has 3 atom stereocenters. The number of carbonyl (C=O) groups is 5. The molecule has 4 amide bonds. The first kappa shape index (κ1) is 23.3. The average molecular weight is 399 g/mol. The third kappa shape index (κ3) is 7.91. The van der Waals surface area contributed by atoms with E-state index in [4.69, 9.17) is 10.8 Å². The van der Waals surface area contributed by atoms with E-state index in [1.807, 2.05) is 0 Å². The molecule has 158 valence electrons. The van der Waals surface area contributed by atoms with Crippen molar-refractivity contribution in [2.45, 2.75) is 57.7 Å². The molecule has 11 heteroatoms. The second kappa shape index (κ2) is 11.2. The molecule has 1 rings (SSSR count). The van der Waals surface area contributed by atoms with Gasteiger partial charge in [0.05, 0.1) is 12.6 Å². The van der Waals surface area contributed by atoms with Crippen LogP contribution in [0.4, 0.5) is 0 Å². The molecule has 0 saturated carbocycles. The molecule has 1 aliphatic heterocycles. The molecule has 7 N–H and O–H groups in total. The fraction of sp³-hybridized carbons (Fsp3) is 0.706. The standard InChI is InChI=1S/C17H29N5O6/c1-9(2)14(17(27)28)22-13(24)8-20-15(25)11(5-6-12(18)23)21-16(26)10-4-3-7-19-10/h9-11,14,19H,3-8H2,1-2H3,(H2,18,23)(H,20,25)(H,21,26)(H,22,24)(H,27,28). The Morgan fingerprint density at radius 2 is 1.86 bits per heavy atom. The van der Waals surface area contributed by atoms with Crippen molar-refractivity contribution in [2.75, 3.05) is 13.1 Å². The smallest absolute Gasteiger partial charge is 0.326 e. The van der Waals surface area contributed by atoms with E-state index in [0.29, 0.717) is 13.0 Å². The quantitative estimate of drug-likeness (QED) is 0.229. The van der Waals surface area contributed by atoms with E-state index in [-0.39, 0.29) is 24.7 Å². The molecule has 11 nitrogen and oxygen atoms in total. The molecule has 0 aromatic heterocycles. The van der Waals surface area contributed by atoms with Crippen molar-refractivity contribution in [1.82, 2.24) is 21.3 Å². The molecule has 1 heterocycles. The lowest BCUT2D eigenvalue weighted by molar-refractivity contribution is -0.143. The summed E-state index contributed by atoms with van der Waals surface area (Å²) in [5, 5.41) is 19.3. The predicted octanol–water partition coefficient (Wildman–Crippen LogP) is -2.17. The van der Waals surface area contributed by atoms with Crippen LogP contribution in [0.15, 0.2) is 0 Å². The largest absolute Gasteiger partial charge is 0.480 e. The summed E-state index contributed by atoms with van der Waals surface area (Å²) in [6.07, 6.45) is 1.36. The molecule has 1 saturated heterocycles. The van der Waals surface area contributed by atoms with E-state index in [2.05, 4.69) is 21.3 Å². The number of nitrogens with one attached hydrogen (secondary N) is 4. The lowest BCUT2D eigenvalue weighted by atomic mass is 10.0. The van der Waals surface area contributed by atoms with Crippen molar-refractivity contribution in [1.29, 1.82) is 0 Å². The van der Waals surface area contributed by atoms with Gasteiger partial charge in [0.2, 0.25) is 23.6 Å².